The van der Waals surface area contributed by atoms with Crippen molar-refractivity contribution in [1.29, 1.82) is 0 Å². The highest BCUT2D eigenvalue weighted by atomic mass is 15.1. The van der Waals surface area contributed by atoms with Gasteiger partial charge in [-0.15, -0.1) is 0 Å². The Morgan fingerprint density at radius 2 is 1.75 bits per heavy atom. The molecule has 1 aliphatic carbocycles. The molecule has 5 rings (SSSR count). The minimum atomic E-state index is 0.243. The van der Waals surface area contributed by atoms with Gasteiger partial charge in [0.05, 0.1) is 11.5 Å². The second kappa shape index (κ2) is 4.57. The fraction of sp³-hybridized carbons (Fsp3) is 0.261. The molecular weight excluding hydrogens is 290 g/mol. The molecule has 2 atom stereocenters. The first kappa shape index (κ1) is 14.0. The SMILES string of the molecule is Cc1cc(C)c2c(c1)-c1ccc(-c3ccccc3)c[n+]1C1(C)CC21. The van der Waals surface area contributed by atoms with Crippen LogP contribution < -0.4 is 4.57 Å². The summed E-state index contributed by atoms with van der Waals surface area (Å²) < 4.78 is 2.54. The number of hydrogen-bond donors (Lipinski definition) is 0. The predicted molar refractivity (Wildman–Crippen MR) is 98.0 cm³/mol. The van der Waals surface area contributed by atoms with Crippen molar-refractivity contribution in [1.82, 2.24) is 0 Å². The van der Waals surface area contributed by atoms with Gasteiger partial charge in [-0.05, 0) is 42.7 Å². The van der Waals surface area contributed by atoms with Crippen LogP contribution in [0.3, 0.4) is 0 Å². The van der Waals surface area contributed by atoms with E-state index >= 15 is 0 Å². The molecule has 2 heterocycles. The first-order valence-corrected chi connectivity index (χ1v) is 8.81. The second-order valence-electron chi connectivity index (χ2n) is 7.70. The van der Waals surface area contributed by atoms with Crippen LogP contribution in [-0.2, 0) is 5.54 Å². The Bertz CT molecular complexity index is 971. The van der Waals surface area contributed by atoms with E-state index in [4.69, 9.17) is 0 Å². The number of aromatic nitrogens is 1. The number of benzene rings is 2. The highest BCUT2D eigenvalue weighted by Crippen LogP contribution is 2.59. The van der Waals surface area contributed by atoms with Gasteiger partial charge in [-0.2, -0.15) is 4.57 Å². The van der Waals surface area contributed by atoms with Gasteiger partial charge in [-0.1, -0.05) is 42.0 Å². The van der Waals surface area contributed by atoms with Crippen LogP contribution in [0.15, 0.2) is 60.8 Å². The number of nitrogens with zero attached hydrogens (tertiary/aromatic N) is 1. The number of hydrogen-bond acceptors (Lipinski definition) is 0. The van der Waals surface area contributed by atoms with E-state index in [-0.39, 0.29) is 5.54 Å². The molecule has 118 valence electrons. The van der Waals surface area contributed by atoms with Crippen LogP contribution in [0.4, 0.5) is 0 Å². The maximum atomic E-state index is 2.54. The van der Waals surface area contributed by atoms with E-state index in [1.807, 2.05) is 0 Å². The van der Waals surface area contributed by atoms with Crippen LogP contribution in [-0.4, -0.2) is 0 Å². The Morgan fingerprint density at radius 3 is 2.54 bits per heavy atom. The molecule has 0 saturated heterocycles. The lowest BCUT2D eigenvalue weighted by atomic mass is 9.88. The van der Waals surface area contributed by atoms with Crippen molar-refractivity contribution in [3.05, 3.63) is 77.5 Å². The van der Waals surface area contributed by atoms with E-state index in [9.17, 15) is 0 Å². The van der Waals surface area contributed by atoms with Crippen molar-refractivity contribution in [2.24, 2.45) is 0 Å². The summed E-state index contributed by atoms with van der Waals surface area (Å²) in [5.41, 5.74) is 10.0. The average molecular weight is 312 g/mol. The average Bonchev–Trinajstić information content (AvgIpc) is 3.28. The lowest BCUT2D eigenvalue weighted by Crippen LogP contribution is -2.49. The number of pyridine rings is 1. The third-order valence-corrected chi connectivity index (χ3v) is 5.97. The molecule has 2 aliphatic rings. The molecule has 0 radical (unpaired) electrons. The van der Waals surface area contributed by atoms with Gasteiger partial charge in [0.2, 0.25) is 5.69 Å². The predicted octanol–water partition coefficient (Wildman–Crippen LogP) is 5.14. The van der Waals surface area contributed by atoms with E-state index in [0.29, 0.717) is 5.92 Å². The Kier molecular flexibility index (Phi) is 2.66. The van der Waals surface area contributed by atoms with E-state index in [1.165, 1.54) is 39.9 Å². The first-order chi connectivity index (χ1) is 11.6. The zero-order chi connectivity index (χ0) is 16.5. The first-order valence-electron chi connectivity index (χ1n) is 8.81. The zero-order valence-corrected chi connectivity index (χ0v) is 14.5. The molecule has 1 fully saturated rings. The molecule has 0 spiro atoms. The maximum Gasteiger partial charge on any atom is 0.213 e. The summed E-state index contributed by atoms with van der Waals surface area (Å²) in [5, 5.41) is 0. The van der Waals surface area contributed by atoms with Crippen LogP contribution in [0, 0.1) is 13.8 Å². The quantitative estimate of drug-likeness (QED) is 0.548. The summed E-state index contributed by atoms with van der Waals surface area (Å²) >= 11 is 0. The van der Waals surface area contributed by atoms with Crippen molar-refractivity contribution in [2.75, 3.05) is 0 Å². The fourth-order valence-electron chi connectivity index (χ4n) is 4.63. The molecular formula is C23H22N+. The minimum Gasteiger partial charge on any atom is -0.192 e. The third-order valence-electron chi connectivity index (χ3n) is 5.97. The summed E-state index contributed by atoms with van der Waals surface area (Å²) in [6.07, 6.45) is 3.62. The van der Waals surface area contributed by atoms with E-state index in [1.54, 1.807) is 5.56 Å². The van der Waals surface area contributed by atoms with Crippen molar-refractivity contribution in [3.63, 3.8) is 0 Å². The second-order valence-corrected chi connectivity index (χ2v) is 7.70. The third kappa shape index (κ3) is 1.78. The monoisotopic (exact) mass is 312 g/mol. The topological polar surface area (TPSA) is 3.88 Å². The molecule has 1 heteroatoms. The number of fused-ring (bicyclic) bond motifs is 6. The molecule has 1 saturated carbocycles. The lowest BCUT2D eigenvalue weighted by molar-refractivity contribution is -0.727. The normalized spacial score (nSPS) is 23.2. The maximum absolute atomic E-state index is 2.54. The molecule has 0 amide bonds. The highest BCUT2D eigenvalue weighted by Gasteiger charge is 2.64. The van der Waals surface area contributed by atoms with Crippen LogP contribution in [0.5, 0.6) is 0 Å². The summed E-state index contributed by atoms with van der Waals surface area (Å²) in [4.78, 5) is 0. The molecule has 1 nitrogen and oxygen atoms in total. The van der Waals surface area contributed by atoms with Crippen LogP contribution in [0.1, 0.15) is 36.0 Å². The summed E-state index contributed by atoms with van der Waals surface area (Å²) in [6.45, 7) is 6.90. The van der Waals surface area contributed by atoms with Crippen LogP contribution >= 0.6 is 0 Å². The minimum absolute atomic E-state index is 0.243. The van der Waals surface area contributed by atoms with Crippen molar-refractivity contribution in [2.45, 2.75) is 38.6 Å². The molecule has 24 heavy (non-hydrogen) atoms. The van der Waals surface area contributed by atoms with Gasteiger partial charge in [-0.3, -0.25) is 0 Å². The van der Waals surface area contributed by atoms with Crippen LogP contribution in [0.2, 0.25) is 0 Å². The molecule has 1 aromatic heterocycles. The van der Waals surface area contributed by atoms with Crippen molar-refractivity contribution < 1.29 is 4.57 Å². The molecule has 0 N–H and O–H groups in total. The largest absolute Gasteiger partial charge is 0.213 e. The van der Waals surface area contributed by atoms with Gasteiger partial charge >= 0.3 is 0 Å². The zero-order valence-electron chi connectivity index (χ0n) is 14.5. The Labute approximate surface area is 143 Å². The van der Waals surface area contributed by atoms with E-state index in [2.05, 4.69) is 86.1 Å². The van der Waals surface area contributed by atoms with Gasteiger partial charge in [0.25, 0.3) is 0 Å². The number of aryl methyl sites for hydroxylation is 2. The van der Waals surface area contributed by atoms with Crippen molar-refractivity contribution in [3.8, 4) is 22.4 Å². The van der Waals surface area contributed by atoms with Gasteiger partial charge < -0.3 is 0 Å². The van der Waals surface area contributed by atoms with Gasteiger partial charge in [-0.25, -0.2) is 0 Å². The van der Waals surface area contributed by atoms with Crippen molar-refractivity contribution >= 4 is 0 Å². The summed E-state index contributed by atoms with van der Waals surface area (Å²) in [5.74, 6) is 0.664. The highest BCUT2D eigenvalue weighted by molar-refractivity contribution is 5.71. The van der Waals surface area contributed by atoms with Gasteiger partial charge in [0, 0.05) is 25.0 Å². The lowest BCUT2D eigenvalue weighted by Gasteiger charge is -2.22. The van der Waals surface area contributed by atoms with E-state index in [0.717, 1.165) is 0 Å². The Hall–Kier alpha value is -2.41. The Morgan fingerprint density at radius 1 is 0.958 bits per heavy atom. The Balaban J connectivity index is 1.76. The summed E-state index contributed by atoms with van der Waals surface area (Å²) in [6, 6.07) is 20.0. The van der Waals surface area contributed by atoms with E-state index < -0.39 is 0 Å². The molecule has 2 unspecified atom stereocenters. The fourth-order valence-corrected chi connectivity index (χ4v) is 4.63. The number of rotatable bonds is 1. The summed E-state index contributed by atoms with van der Waals surface area (Å²) in [7, 11) is 0. The van der Waals surface area contributed by atoms with Crippen LogP contribution in [0.25, 0.3) is 22.4 Å². The smallest absolute Gasteiger partial charge is 0.192 e. The molecule has 0 bridgehead atoms. The standard InChI is InChI=1S/C23H22N/c1-15-11-16(2)22-19(12-15)21-10-9-18(17-7-5-4-6-8-17)14-24(21)23(3)13-20(22)23/h4-12,14,20H,13H2,1-3H3/q+1. The molecule has 3 aromatic rings. The molecule has 2 aromatic carbocycles. The van der Waals surface area contributed by atoms with Gasteiger partial charge in [0.15, 0.2) is 11.7 Å². The van der Waals surface area contributed by atoms with Gasteiger partial charge in [0.1, 0.15) is 0 Å². The molecule has 1 aliphatic heterocycles.